The molecule has 0 fully saturated rings. The number of nitrogens with one attached hydrogen (secondary N) is 2. The van der Waals surface area contributed by atoms with Crippen LogP contribution in [0.15, 0.2) is 60.8 Å². The Morgan fingerprint density at radius 3 is 2.50 bits per heavy atom. The molecule has 0 radical (unpaired) electrons. The van der Waals surface area contributed by atoms with Crippen molar-refractivity contribution < 1.29 is 27.4 Å². The van der Waals surface area contributed by atoms with Gasteiger partial charge in [-0.25, -0.2) is 4.98 Å². The molecule has 2 aromatic carbocycles. The van der Waals surface area contributed by atoms with Gasteiger partial charge in [-0.2, -0.15) is 0 Å². The highest BCUT2D eigenvalue weighted by Gasteiger charge is 2.31. The maximum absolute atomic E-state index is 12.9. The van der Waals surface area contributed by atoms with Gasteiger partial charge in [0.05, 0.1) is 29.7 Å². The third-order valence-corrected chi connectivity index (χ3v) is 4.75. The van der Waals surface area contributed by atoms with Gasteiger partial charge in [0.1, 0.15) is 18.2 Å². The van der Waals surface area contributed by atoms with Crippen molar-refractivity contribution in [2.45, 2.75) is 6.36 Å². The number of anilines is 4. The third kappa shape index (κ3) is 4.69. The Bertz CT molecular complexity index is 1100. The Hall–Kier alpha value is -3.95. The third-order valence-electron chi connectivity index (χ3n) is 4.75. The van der Waals surface area contributed by atoms with Crippen molar-refractivity contribution in [2.75, 3.05) is 35.7 Å². The molecule has 7 nitrogen and oxygen atoms in total. The summed E-state index contributed by atoms with van der Waals surface area (Å²) < 4.78 is 46.6. The van der Waals surface area contributed by atoms with E-state index in [9.17, 15) is 18.0 Å². The molecule has 0 spiro atoms. The number of halogens is 3. The van der Waals surface area contributed by atoms with E-state index in [-0.39, 0.29) is 5.75 Å². The van der Waals surface area contributed by atoms with Gasteiger partial charge in [-0.15, -0.1) is 13.2 Å². The molecular weight excluding hydrogens is 425 g/mol. The van der Waals surface area contributed by atoms with Crippen LogP contribution in [0.5, 0.6) is 11.5 Å². The summed E-state index contributed by atoms with van der Waals surface area (Å²) in [5, 5.41) is 5.69. The fourth-order valence-electron chi connectivity index (χ4n) is 3.30. The topological polar surface area (TPSA) is 75.7 Å². The second-order valence-electron chi connectivity index (χ2n) is 6.84. The zero-order valence-electron chi connectivity index (χ0n) is 16.9. The molecule has 166 valence electrons. The minimum absolute atomic E-state index is 0.301. The highest BCUT2D eigenvalue weighted by Crippen LogP contribution is 2.39. The van der Waals surface area contributed by atoms with E-state index >= 15 is 0 Å². The molecule has 0 unspecified atom stereocenters. The summed E-state index contributed by atoms with van der Waals surface area (Å²) in [5.74, 6) is 0.300. The lowest BCUT2D eigenvalue weighted by atomic mass is 10.1. The van der Waals surface area contributed by atoms with Gasteiger partial charge in [-0.3, -0.25) is 4.79 Å². The van der Waals surface area contributed by atoms with Crippen LogP contribution in [-0.4, -0.2) is 37.5 Å². The van der Waals surface area contributed by atoms with Gasteiger partial charge in [-0.1, -0.05) is 6.07 Å². The lowest BCUT2D eigenvalue weighted by Gasteiger charge is -2.31. The molecule has 0 atom stereocenters. The van der Waals surface area contributed by atoms with Crippen LogP contribution >= 0.6 is 0 Å². The SMILES string of the molecule is CNc1ccc(N2CCOc3c(C(=O)Nc4ccc(OC(F)(F)F)cc4)cccc32)nc1. The van der Waals surface area contributed by atoms with Gasteiger partial charge < -0.3 is 25.0 Å². The molecule has 2 N–H and O–H groups in total. The summed E-state index contributed by atoms with van der Waals surface area (Å²) in [6, 6.07) is 13.9. The van der Waals surface area contributed by atoms with E-state index in [0.717, 1.165) is 17.8 Å². The molecule has 0 saturated heterocycles. The van der Waals surface area contributed by atoms with E-state index in [1.54, 1.807) is 18.3 Å². The maximum atomic E-state index is 12.9. The fraction of sp³-hybridized carbons (Fsp3) is 0.182. The molecule has 10 heteroatoms. The van der Waals surface area contributed by atoms with E-state index in [4.69, 9.17) is 4.74 Å². The molecule has 32 heavy (non-hydrogen) atoms. The number of hydrogen-bond acceptors (Lipinski definition) is 6. The average Bonchev–Trinajstić information content (AvgIpc) is 2.78. The van der Waals surface area contributed by atoms with Gasteiger partial charge in [0.2, 0.25) is 0 Å². The van der Waals surface area contributed by atoms with Gasteiger partial charge in [0.15, 0.2) is 5.75 Å². The summed E-state index contributed by atoms with van der Waals surface area (Å²) in [4.78, 5) is 19.3. The molecule has 2 heterocycles. The minimum Gasteiger partial charge on any atom is -0.489 e. The van der Waals surface area contributed by atoms with Crippen molar-refractivity contribution in [2.24, 2.45) is 0 Å². The zero-order valence-corrected chi connectivity index (χ0v) is 16.9. The van der Waals surface area contributed by atoms with E-state index in [1.807, 2.05) is 30.1 Å². The van der Waals surface area contributed by atoms with Crippen LogP contribution in [0.2, 0.25) is 0 Å². The zero-order chi connectivity index (χ0) is 22.7. The number of nitrogens with zero attached hydrogens (tertiary/aromatic N) is 2. The van der Waals surface area contributed by atoms with E-state index in [0.29, 0.717) is 41.7 Å². The Morgan fingerprint density at radius 1 is 1.09 bits per heavy atom. The number of benzene rings is 2. The predicted octanol–water partition coefficient (Wildman–Crippen LogP) is 4.80. The van der Waals surface area contributed by atoms with E-state index in [2.05, 4.69) is 20.4 Å². The standard InChI is InChI=1S/C22H19F3N4O3/c1-26-15-7-10-19(27-13-15)29-11-12-31-20-17(3-2-4-18(20)29)21(30)28-14-5-8-16(9-6-14)32-22(23,24)25/h2-10,13,26H,11-12H2,1H3,(H,28,30). The first-order valence-corrected chi connectivity index (χ1v) is 9.68. The lowest BCUT2D eigenvalue weighted by Crippen LogP contribution is -2.30. The largest absolute Gasteiger partial charge is 0.573 e. The summed E-state index contributed by atoms with van der Waals surface area (Å²) in [7, 11) is 1.81. The van der Waals surface area contributed by atoms with Crippen LogP contribution in [0.3, 0.4) is 0 Å². The molecule has 0 bridgehead atoms. The lowest BCUT2D eigenvalue weighted by molar-refractivity contribution is -0.274. The number of rotatable bonds is 5. The molecule has 1 aliphatic heterocycles. The van der Waals surface area contributed by atoms with E-state index < -0.39 is 12.3 Å². The normalized spacial score (nSPS) is 13.1. The van der Waals surface area contributed by atoms with Gasteiger partial charge >= 0.3 is 6.36 Å². The van der Waals surface area contributed by atoms with Gasteiger partial charge in [0.25, 0.3) is 5.91 Å². The van der Waals surface area contributed by atoms with Crippen LogP contribution in [0.4, 0.5) is 36.1 Å². The van der Waals surface area contributed by atoms with Crippen LogP contribution in [0.1, 0.15) is 10.4 Å². The molecule has 0 aliphatic carbocycles. The first kappa shape index (κ1) is 21.3. The monoisotopic (exact) mass is 444 g/mol. The highest BCUT2D eigenvalue weighted by molar-refractivity contribution is 6.07. The molecule has 4 rings (SSSR count). The Kier molecular flexibility index (Phi) is 5.76. The number of fused-ring (bicyclic) bond motifs is 1. The first-order valence-electron chi connectivity index (χ1n) is 9.68. The molecule has 0 saturated carbocycles. The molecule has 1 amide bonds. The summed E-state index contributed by atoms with van der Waals surface area (Å²) in [6.07, 6.45) is -3.06. The minimum atomic E-state index is -4.78. The van der Waals surface area contributed by atoms with Crippen molar-refractivity contribution in [3.63, 3.8) is 0 Å². The molecule has 1 aliphatic rings. The Labute approximate surface area is 181 Å². The summed E-state index contributed by atoms with van der Waals surface area (Å²) in [5.41, 5.74) is 2.19. The van der Waals surface area contributed by atoms with Gasteiger partial charge in [-0.05, 0) is 48.5 Å². The smallest absolute Gasteiger partial charge is 0.489 e. The number of pyridine rings is 1. The van der Waals surface area contributed by atoms with Crippen LogP contribution in [-0.2, 0) is 0 Å². The van der Waals surface area contributed by atoms with Crippen LogP contribution in [0.25, 0.3) is 0 Å². The van der Waals surface area contributed by atoms with Crippen LogP contribution < -0.4 is 25.0 Å². The second kappa shape index (κ2) is 8.66. The van der Waals surface area contributed by atoms with E-state index in [1.165, 1.54) is 12.1 Å². The fourth-order valence-corrected chi connectivity index (χ4v) is 3.30. The van der Waals surface area contributed by atoms with Crippen molar-refractivity contribution in [3.8, 4) is 11.5 Å². The second-order valence-corrected chi connectivity index (χ2v) is 6.84. The van der Waals surface area contributed by atoms with Crippen molar-refractivity contribution in [1.29, 1.82) is 0 Å². The van der Waals surface area contributed by atoms with Crippen LogP contribution in [0, 0.1) is 0 Å². The number of alkyl halides is 3. The maximum Gasteiger partial charge on any atom is 0.573 e. The highest BCUT2D eigenvalue weighted by atomic mass is 19.4. The molecule has 3 aromatic rings. The number of hydrogen-bond donors (Lipinski definition) is 2. The number of carbonyl (C=O) groups is 1. The van der Waals surface area contributed by atoms with Crippen molar-refractivity contribution in [3.05, 3.63) is 66.4 Å². The van der Waals surface area contributed by atoms with Crippen molar-refractivity contribution in [1.82, 2.24) is 4.98 Å². The molecule has 1 aromatic heterocycles. The summed E-state index contributed by atoms with van der Waals surface area (Å²) in [6.45, 7) is 0.918. The quantitative estimate of drug-likeness (QED) is 0.589. The predicted molar refractivity (Wildman–Crippen MR) is 114 cm³/mol. The average molecular weight is 444 g/mol. The first-order chi connectivity index (χ1) is 15.3. The Morgan fingerprint density at radius 2 is 1.84 bits per heavy atom. The number of aromatic nitrogens is 1. The number of para-hydroxylation sites is 1. The number of carbonyl (C=O) groups excluding carboxylic acids is 1. The number of ether oxygens (including phenoxy) is 2. The van der Waals surface area contributed by atoms with Gasteiger partial charge in [0, 0.05) is 12.7 Å². The summed E-state index contributed by atoms with van der Waals surface area (Å²) >= 11 is 0. The molecular formula is C22H19F3N4O3. The number of amides is 1. The van der Waals surface area contributed by atoms with Crippen molar-refractivity contribution >= 4 is 28.8 Å². The Balaban J connectivity index is 1.55.